The van der Waals surface area contributed by atoms with Gasteiger partial charge in [0.25, 0.3) is 5.91 Å². The second kappa shape index (κ2) is 7.01. The molecule has 24 heavy (non-hydrogen) atoms. The molecule has 2 aromatic rings. The van der Waals surface area contributed by atoms with Gasteiger partial charge in [0.2, 0.25) is 10.0 Å². The van der Waals surface area contributed by atoms with Crippen LogP contribution in [0.3, 0.4) is 0 Å². The van der Waals surface area contributed by atoms with Crippen LogP contribution in [0.25, 0.3) is 0 Å². The minimum Gasteiger partial charge on any atom is -0.322 e. The Kier molecular flexibility index (Phi) is 5.42. The third kappa shape index (κ3) is 4.01. The molecular formula is C16H16Cl2N2O3S. The first-order valence-corrected chi connectivity index (χ1v) is 9.51. The van der Waals surface area contributed by atoms with Crippen LogP contribution in [0, 0.1) is 6.92 Å². The Hall–Kier alpha value is -1.76. The van der Waals surface area contributed by atoms with E-state index in [-0.39, 0.29) is 5.91 Å². The average Bonchev–Trinajstić information content (AvgIpc) is 2.49. The van der Waals surface area contributed by atoms with Crippen molar-refractivity contribution < 1.29 is 13.2 Å². The van der Waals surface area contributed by atoms with E-state index in [0.29, 0.717) is 32.5 Å². The monoisotopic (exact) mass is 386 g/mol. The summed E-state index contributed by atoms with van der Waals surface area (Å²) in [6, 6.07) is 9.67. The molecule has 8 heteroatoms. The Morgan fingerprint density at radius 2 is 1.79 bits per heavy atom. The van der Waals surface area contributed by atoms with Crippen LogP contribution in [0.4, 0.5) is 11.4 Å². The smallest absolute Gasteiger partial charge is 0.256 e. The lowest BCUT2D eigenvalue weighted by atomic mass is 10.1. The number of amides is 1. The van der Waals surface area contributed by atoms with Crippen LogP contribution in [0.1, 0.15) is 15.9 Å². The van der Waals surface area contributed by atoms with Crippen LogP contribution in [-0.4, -0.2) is 27.6 Å². The minimum absolute atomic E-state index is 0.330. The maximum atomic E-state index is 12.5. The molecule has 0 radical (unpaired) electrons. The van der Waals surface area contributed by atoms with Gasteiger partial charge in [-0.15, -0.1) is 0 Å². The number of rotatable bonds is 4. The highest BCUT2D eigenvalue weighted by Gasteiger charge is 2.18. The minimum atomic E-state index is -3.42. The molecule has 0 atom stereocenters. The zero-order valence-electron chi connectivity index (χ0n) is 13.3. The highest BCUT2D eigenvalue weighted by molar-refractivity contribution is 7.92. The first kappa shape index (κ1) is 18.6. The summed E-state index contributed by atoms with van der Waals surface area (Å²) >= 11 is 11.8. The number of hydrogen-bond acceptors (Lipinski definition) is 3. The van der Waals surface area contributed by atoms with E-state index < -0.39 is 10.0 Å². The number of carbonyl (C=O) groups excluding carboxylic acids is 1. The molecule has 0 saturated carbocycles. The predicted molar refractivity (Wildman–Crippen MR) is 98.8 cm³/mol. The van der Waals surface area contributed by atoms with Crippen molar-refractivity contribution in [2.75, 3.05) is 22.9 Å². The van der Waals surface area contributed by atoms with Gasteiger partial charge < -0.3 is 5.32 Å². The molecule has 0 aliphatic carbocycles. The van der Waals surface area contributed by atoms with Gasteiger partial charge in [0.15, 0.2) is 0 Å². The standard InChI is InChI=1S/C16H16Cl2N2O3S/c1-10-12(5-4-6-15(10)20(2)24(3,22)23)16(21)19-11-7-8-13(17)14(18)9-11/h4-9H,1-3H3,(H,19,21). The molecule has 0 bridgehead atoms. The van der Waals surface area contributed by atoms with Gasteiger partial charge >= 0.3 is 0 Å². The molecule has 128 valence electrons. The molecule has 0 aliphatic heterocycles. The third-order valence-corrected chi connectivity index (χ3v) is 5.49. The number of nitrogens with zero attached hydrogens (tertiary/aromatic N) is 1. The zero-order chi connectivity index (χ0) is 18.1. The molecule has 0 unspecified atom stereocenters. The summed E-state index contributed by atoms with van der Waals surface area (Å²) in [7, 11) is -1.98. The van der Waals surface area contributed by atoms with E-state index in [1.165, 1.54) is 7.05 Å². The second-order valence-electron chi connectivity index (χ2n) is 5.26. The molecule has 1 amide bonds. The van der Waals surface area contributed by atoms with Gasteiger partial charge in [0.05, 0.1) is 22.0 Å². The number of anilines is 2. The van der Waals surface area contributed by atoms with Gasteiger partial charge in [-0.3, -0.25) is 9.10 Å². The summed E-state index contributed by atoms with van der Waals surface area (Å²) < 4.78 is 24.6. The van der Waals surface area contributed by atoms with Crippen molar-refractivity contribution in [2.24, 2.45) is 0 Å². The fourth-order valence-electron chi connectivity index (χ4n) is 2.16. The number of halogens is 2. The van der Waals surface area contributed by atoms with E-state index >= 15 is 0 Å². The van der Waals surface area contributed by atoms with Crippen LogP contribution in [0.5, 0.6) is 0 Å². The Balaban J connectivity index is 2.35. The predicted octanol–water partition coefficient (Wildman–Crippen LogP) is 3.95. The molecule has 0 spiro atoms. The van der Waals surface area contributed by atoms with Crippen molar-refractivity contribution in [2.45, 2.75) is 6.92 Å². The van der Waals surface area contributed by atoms with Crippen LogP contribution in [0.15, 0.2) is 36.4 Å². The van der Waals surface area contributed by atoms with Gasteiger partial charge in [-0.2, -0.15) is 0 Å². The number of hydrogen-bond donors (Lipinski definition) is 1. The van der Waals surface area contributed by atoms with Gasteiger partial charge in [0, 0.05) is 18.3 Å². The first-order chi connectivity index (χ1) is 11.1. The number of nitrogens with one attached hydrogen (secondary N) is 1. The average molecular weight is 387 g/mol. The van der Waals surface area contributed by atoms with Crippen molar-refractivity contribution >= 4 is 50.5 Å². The van der Waals surface area contributed by atoms with Gasteiger partial charge in [0.1, 0.15) is 0 Å². The zero-order valence-corrected chi connectivity index (χ0v) is 15.6. The highest BCUT2D eigenvalue weighted by Crippen LogP contribution is 2.27. The van der Waals surface area contributed by atoms with Crippen molar-refractivity contribution in [1.29, 1.82) is 0 Å². The van der Waals surface area contributed by atoms with Crippen LogP contribution >= 0.6 is 23.2 Å². The highest BCUT2D eigenvalue weighted by atomic mass is 35.5. The molecule has 0 aliphatic rings. The number of sulfonamides is 1. The van der Waals surface area contributed by atoms with Crippen molar-refractivity contribution in [1.82, 2.24) is 0 Å². The summed E-state index contributed by atoms with van der Waals surface area (Å²) in [5.74, 6) is -0.366. The molecule has 0 heterocycles. The van der Waals surface area contributed by atoms with Crippen LogP contribution in [-0.2, 0) is 10.0 Å². The van der Waals surface area contributed by atoms with E-state index in [4.69, 9.17) is 23.2 Å². The lowest BCUT2D eigenvalue weighted by Gasteiger charge is -2.20. The number of carbonyl (C=O) groups is 1. The van der Waals surface area contributed by atoms with E-state index in [1.54, 1.807) is 43.3 Å². The summed E-state index contributed by atoms with van der Waals surface area (Å²) in [6.07, 6.45) is 1.11. The maximum absolute atomic E-state index is 12.5. The summed E-state index contributed by atoms with van der Waals surface area (Å²) in [6.45, 7) is 1.70. The van der Waals surface area contributed by atoms with Crippen LogP contribution in [0.2, 0.25) is 10.0 Å². The fourth-order valence-corrected chi connectivity index (χ4v) is 3.01. The van der Waals surface area contributed by atoms with E-state index in [0.717, 1.165) is 10.6 Å². The SMILES string of the molecule is Cc1c(C(=O)Nc2ccc(Cl)c(Cl)c2)cccc1N(C)S(C)(=O)=O. The summed E-state index contributed by atoms with van der Waals surface area (Å²) in [4.78, 5) is 12.5. The first-order valence-electron chi connectivity index (χ1n) is 6.91. The fraction of sp³-hybridized carbons (Fsp3) is 0.188. The Labute approximate surface area is 151 Å². The molecule has 5 nitrogen and oxygen atoms in total. The van der Waals surface area contributed by atoms with Crippen molar-refractivity contribution in [3.8, 4) is 0 Å². The van der Waals surface area contributed by atoms with E-state index in [9.17, 15) is 13.2 Å². The maximum Gasteiger partial charge on any atom is 0.256 e. The topological polar surface area (TPSA) is 66.5 Å². The van der Waals surface area contributed by atoms with E-state index in [1.807, 2.05) is 0 Å². The Morgan fingerprint density at radius 1 is 1.12 bits per heavy atom. The summed E-state index contributed by atoms with van der Waals surface area (Å²) in [5, 5.41) is 3.44. The normalized spacial score (nSPS) is 11.2. The lowest BCUT2D eigenvalue weighted by molar-refractivity contribution is 0.102. The third-order valence-electron chi connectivity index (χ3n) is 3.56. The molecule has 2 aromatic carbocycles. The Bertz CT molecular complexity index is 898. The largest absolute Gasteiger partial charge is 0.322 e. The molecule has 1 N–H and O–H groups in total. The molecule has 0 saturated heterocycles. The molecule has 0 aromatic heterocycles. The van der Waals surface area contributed by atoms with Crippen molar-refractivity contribution in [3.05, 3.63) is 57.6 Å². The Morgan fingerprint density at radius 3 is 2.38 bits per heavy atom. The lowest BCUT2D eigenvalue weighted by Crippen LogP contribution is -2.26. The second-order valence-corrected chi connectivity index (χ2v) is 8.09. The molecule has 2 rings (SSSR count). The van der Waals surface area contributed by atoms with Crippen LogP contribution < -0.4 is 9.62 Å². The summed E-state index contributed by atoms with van der Waals surface area (Å²) in [5.41, 5.74) is 1.87. The van der Waals surface area contributed by atoms with Gasteiger partial charge in [-0.1, -0.05) is 29.3 Å². The number of benzene rings is 2. The molecular weight excluding hydrogens is 371 g/mol. The van der Waals surface area contributed by atoms with Gasteiger partial charge in [-0.25, -0.2) is 8.42 Å². The van der Waals surface area contributed by atoms with E-state index in [2.05, 4.69) is 5.32 Å². The van der Waals surface area contributed by atoms with Crippen molar-refractivity contribution in [3.63, 3.8) is 0 Å². The quantitative estimate of drug-likeness (QED) is 0.864. The van der Waals surface area contributed by atoms with Gasteiger partial charge in [-0.05, 0) is 42.8 Å². The molecule has 0 fully saturated rings.